The molecule has 0 saturated carbocycles. The molecule has 1 fully saturated rings. The van der Waals surface area contributed by atoms with Gasteiger partial charge in [0, 0.05) is 30.6 Å². The maximum absolute atomic E-state index is 11.8. The topological polar surface area (TPSA) is 72.9 Å². The van der Waals surface area contributed by atoms with Crippen molar-refractivity contribution in [1.82, 2.24) is 15.1 Å². The number of thioether (sulfide) groups is 1. The van der Waals surface area contributed by atoms with Gasteiger partial charge in [-0.05, 0) is 12.2 Å². The lowest BCUT2D eigenvalue weighted by Gasteiger charge is -2.14. The van der Waals surface area contributed by atoms with Crippen LogP contribution in [0.3, 0.4) is 0 Å². The summed E-state index contributed by atoms with van der Waals surface area (Å²) in [5, 5.41) is 6.97. The van der Waals surface area contributed by atoms with Gasteiger partial charge in [0.2, 0.25) is 5.91 Å². The molecular weight excluding hydrogens is 224 g/mol. The van der Waals surface area contributed by atoms with Gasteiger partial charge < -0.3 is 11.1 Å². The van der Waals surface area contributed by atoms with E-state index < -0.39 is 6.04 Å². The second kappa shape index (κ2) is 4.88. The Morgan fingerprint density at radius 3 is 3.19 bits per heavy atom. The van der Waals surface area contributed by atoms with Crippen molar-refractivity contribution < 1.29 is 4.79 Å². The minimum atomic E-state index is -0.612. The van der Waals surface area contributed by atoms with E-state index in [0.29, 0.717) is 0 Å². The molecule has 0 aliphatic carbocycles. The highest BCUT2D eigenvalue weighted by Crippen LogP contribution is 2.18. The number of carbonyl (C=O) groups is 1. The van der Waals surface area contributed by atoms with Gasteiger partial charge in [-0.2, -0.15) is 16.9 Å². The minimum Gasteiger partial charge on any atom is -0.351 e. The third-order valence-electron chi connectivity index (χ3n) is 2.64. The van der Waals surface area contributed by atoms with Crippen molar-refractivity contribution in [1.29, 1.82) is 0 Å². The molecule has 3 N–H and O–H groups in total. The van der Waals surface area contributed by atoms with Crippen LogP contribution in [0.4, 0.5) is 0 Å². The summed E-state index contributed by atoms with van der Waals surface area (Å²) >= 11 is 1.86. The Balaban J connectivity index is 1.93. The van der Waals surface area contributed by atoms with Crippen LogP contribution >= 0.6 is 11.8 Å². The monoisotopic (exact) mass is 240 g/mol. The van der Waals surface area contributed by atoms with Gasteiger partial charge in [0.15, 0.2) is 0 Å². The van der Waals surface area contributed by atoms with E-state index >= 15 is 0 Å². The predicted octanol–water partition coefficient (Wildman–Crippen LogP) is 0.0416. The molecule has 1 aromatic heterocycles. The van der Waals surface area contributed by atoms with Crippen LogP contribution in [-0.2, 0) is 11.8 Å². The second-order valence-electron chi connectivity index (χ2n) is 3.99. The first-order chi connectivity index (χ1) is 7.66. The highest BCUT2D eigenvalue weighted by molar-refractivity contribution is 7.99. The van der Waals surface area contributed by atoms with E-state index in [4.69, 9.17) is 5.73 Å². The van der Waals surface area contributed by atoms with Crippen LogP contribution in [0.15, 0.2) is 12.4 Å². The third-order valence-corrected chi connectivity index (χ3v) is 3.80. The van der Waals surface area contributed by atoms with Crippen molar-refractivity contribution in [2.45, 2.75) is 18.5 Å². The summed E-state index contributed by atoms with van der Waals surface area (Å²) < 4.78 is 1.65. The Bertz CT molecular complexity index is 373. The van der Waals surface area contributed by atoms with Crippen LogP contribution in [0, 0.1) is 0 Å². The minimum absolute atomic E-state index is 0.111. The Kier molecular flexibility index (Phi) is 3.50. The maximum atomic E-state index is 11.8. The predicted molar refractivity (Wildman–Crippen MR) is 64.0 cm³/mol. The number of amides is 1. The molecule has 2 heterocycles. The fourth-order valence-electron chi connectivity index (χ4n) is 1.69. The normalized spacial score (nSPS) is 22.0. The second-order valence-corrected chi connectivity index (χ2v) is 5.14. The first-order valence-electron chi connectivity index (χ1n) is 5.29. The van der Waals surface area contributed by atoms with Crippen molar-refractivity contribution in [3.8, 4) is 0 Å². The average molecular weight is 240 g/mol. The smallest absolute Gasteiger partial charge is 0.241 e. The third kappa shape index (κ3) is 2.56. The Morgan fingerprint density at radius 1 is 1.81 bits per heavy atom. The van der Waals surface area contributed by atoms with E-state index in [9.17, 15) is 4.79 Å². The Morgan fingerprint density at radius 2 is 2.62 bits per heavy atom. The first kappa shape index (κ1) is 11.5. The Labute approximate surface area is 98.8 Å². The van der Waals surface area contributed by atoms with Gasteiger partial charge in [-0.1, -0.05) is 0 Å². The van der Waals surface area contributed by atoms with Crippen molar-refractivity contribution in [2.75, 3.05) is 11.5 Å². The number of nitrogens with two attached hydrogens (primary N) is 1. The molecule has 1 aromatic rings. The number of nitrogens with zero attached hydrogens (tertiary/aromatic N) is 2. The zero-order valence-electron chi connectivity index (χ0n) is 9.22. The summed E-state index contributed by atoms with van der Waals surface area (Å²) in [5.41, 5.74) is 6.61. The number of carbonyl (C=O) groups excluding carboxylic acids is 1. The van der Waals surface area contributed by atoms with Crippen LogP contribution in [0.25, 0.3) is 0 Å². The van der Waals surface area contributed by atoms with Crippen molar-refractivity contribution in [3.63, 3.8) is 0 Å². The summed E-state index contributed by atoms with van der Waals surface area (Å²) in [6.45, 7) is 0. The quantitative estimate of drug-likeness (QED) is 0.782. The molecule has 0 radical (unpaired) electrons. The molecular formula is C10H16N4OS. The lowest BCUT2D eigenvalue weighted by atomic mass is 10.1. The van der Waals surface area contributed by atoms with Crippen molar-refractivity contribution >= 4 is 17.7 Å². The lowest BCUT2D eigenvalue weighted by molar-refractivity contribution is -0.123. The molecule has 1 saturated heterocycles. The highest BCUT2D eigenvalue weighted by Gasteiger charge is 2.22. The molecule has 1 aliphatic rings. The van der Waals surface area contributed by atoms with Crippen molar-refractivity contribution in [2.24, 2.45) is 12.8 Å². The summed E-state index contributed by atoms with van der Waals surface area (Å²) in [6.07, 6.45) is 4.44. The number of aromatic nitrogens is 2. The molecule has 88 valence electrons. The molecule has 0 bridgehead atoms. The molecule has 2 unspecified atom stereocenters. The number of hydrogen-bond donors (Lipinski definition) is 2. The molecule has 2 atom stereocenters. The summed E-state index contributed by atoms with van der Waals surface area (Å²) in [5.74, 6) is 2.00. The lowest BCUT2D eigenvalue weighted by Crippen LogP contribution is -2.40. The van der Waals surface area contributed by atoms with Gasteiger partial charge in [-0.3, -0.25) is 9.48 Å². The zero-order valence-corrected chi connectivity index (χ0v) is 10.0. The van der Waals surface area contributed by atoms with Crippen LogP contribution in [0.2, 0.25) is 0 Å². The standard InChI is InChI=1S/C10H16N4OS/c1-14-5-7(4-12-14)9(11)10(15)13-8-2-3-16-6-8/h4-5,8-9H,2-3,6,11H2,1H3,(H,13,15). The van der Waals surface area contributed by atoms with Gasteiger partial charge in [-0.15, -0.1) is 0 Å². The molecule has 1 aliphatic heterocycles. The van der Waals surface area contributed by atoms with E-state index in [2.05, 4.69) is 10.4 Å². The zero-order chi connectivity index (χ0) is 11.5. The molecule has 1 amide bonds. The van der Waals surface area contributed by atoms with Gasteiger partial charge >= 0.3 is 0 Å². The largest absolute Gasteiger partial charge is 0.351 e. The van der Waals surface area contributed by atoms with E-state index in [1.807, 2.05) is 18.8 Å². The molecule has 6 heteroatoms. The SMILES string of the molecule is Cn1cc(C(N)C(=O)NC2CCSC2)cn1. The van der Waals surface area contributed by atoms with Gasteiger partial charge in [0.25, 0.3) is 0 Å². The number of nitrogens with one attached hydrogen (secondary N) is 1. The molecule has 2 rings (SSSR count). The molecule has 0 spiro atoms. The maximum Gasteiger partial charge on any atom is 0.241 e. The molecule has 16 heavy (non-hydrogen) atoms. The van der Waals surface area contributed by atoms with E-state index in [1.165, 1.54) is 0 Å². The average Bonchev–Trinajstić information content (AvgIpc) is 2.88. The number of hydrogen-bond acceptors (Lipinski definition) is 4. The fraction of sp³-hybridized carbons (Fsp3) is 0.600. The fourth-order valence-corrected chi connectivity index (χ4v) is 2.84. The number of aryl methyl sites for hydroxylation is 1. The van der Waals surface area contributed by atoms with Gasteiger partial charge in [0.1, 0.15) is 6.04 Å². The van der Waals surface area contributed by atoms with E-state index in [1.54, 1.807) is 17.1 Å². The van der Waals surface area contributed by atoms with E-state index in [-0.39, 0.29) is 11.9 Å². The van der Waals surface area contributed by atoms with Crippen LogP contribution in [0.5, 0.6) is 0 Å². The number of rotatable bonds is 3. The highest BCUT2D eigenvalue weighted by atomic mass is 32.2. The summed E-state index contributed by atoms with van der Waals surface area (Å²) in [7, 11) is 1.81. The van der Waals surface area contributed by atoms with Gasteiger partial charge in [-0.25, -0.2) is 0 Å². The van der Waals surface area contributed by atoms with Crippen LogP contribution in [-0.4, -0.2) is 33.2 Å². The van der Waals surface area contributed by atoms with Gasteiger partial charge in [0.05, 0.1) is 6.20 Å². The summed E-state index contributed by atoms with van der Waals surface area (Å²) in [6, 6.07) is -0.334. The van der Waals surface area contributed by atoms with Crippen LogP contribution in [0.1, 0.15) is 18.0 Å². The Hall–Kier alpha value is -1.01. The van der Waals surface area contributed by atoms with E-state index in [0.717, 1.165) is 23.5 Å². The molecule has 0 aromatic carbocycles. The molecule has 5 nitrogen and oxygen atoms in total. The van der Waals surface area contributed by atoms with Crippen molar-refractivity contribution in [3.05, 3.63) is 18.0 Å². The van der Waals surface area contributed by atoms with Crippen LogP contribution < -0.4 is 11.1 Å². The first-order valence-corrected chi connectivity index (χ1v) is 6.44. The summed E-state index contributed by atoms with van der Waals surface area (Å²) in [4.78, 5) is 11.8.